The molecule has 0 aromatic rings. The van der Waals surface area contributed by atoms with E-state index < -0.39 is 56.4 Å². The predicted octanol–water partition coefficient (Wildman–Crippen LogP) is -2.82. The van der Waals surface area contributed by atoms with Gasteiger partial charge in [-0.15, -0.1) is 0 Å². The smallest absolute Gasteiger partial charge is 0.480 e. The number of hydrogen-bond acceptors (Lipinski definition) is 7. The Bertz CT molecular complexity index is 393. The van der Waals surface area contributed by atoms with Crippen LogP contribution in [-0.2, 0) is 28.5 Å². The minimum Gasteiger partial charge on any atom is -0.480 e. The summed E-state index contributed by atoms with van der Waals surface area (Å²) in [5, 5.41) is 31.0. The van der Waals surface area contributed by atoms with Gasteiger partial charge < -0.3 is 35.2 Å². The third-order valence-corrected chi connectivity index (χ3v) is 2.16. The van der Waals surface area contributed by atoms with Crippen molar-refractivity contribution in [1.29, 1.82) is 0 Å². The van der Waals surface area contributed by atoms with Crippen molar-refractivity contribution >= 4 is 31.1 Å². The molecular formula is C10H17BN2O9. The van der Waals surface area contributed by atoms with E-state index in [9.17, 15) is 24.2 Å². The van der Waals surface area contributed by atoms with Gasteiger partial charge in [0.05, 0.1) is 13.2 Å². The first-order chi connectivity index (χ1) is 10.1. The first-order valence-electron chi connectivity index (χ1n) is 6.04. The highest BCUT2D eigenvalue weighted by molar-refractivity contribution is 6.34. The van der Waals surface area contributed by atoms with Gasteiger partial charge in [0.1, 0.15) is 12.1 Å². The maximum atomic E-state index is 10.8. The van der Waals surface area contributed by atoms with E-state index in [1.165, 1.54) is 0 Å². The quantitative estimate of drug-likeness (QED) is 0.266. The van der Waals surface area contributed by atoms with Gasteiger partial charge in [0, 0.05) is 13.8 Å². The molecule has 0 fully saturated rings. The summed E-state index contributed by atoms with van der Waals surface area (Å²) in [5.74, 6) is -3.99. The molecule has 0 aliphatic carbocycles. The number of carbonyl (C=O) groups is 4. The van der Waals surface area contributed by atoms with Crippen molar-refractivity contribution in [2.24, 2.45) is 0 Å². The molecule has 0 unspecified atom stereocenters. The van der Waals surface area contributed by atoms with Crippen LogP contribution in [0.3, 0.4) is 0 Å². The molecule has 0 saturated carbocycles. The summed E-state index contributed by atoms with van der Waals surface area (Å²) < 4.78 is 9.27. The van der Waals surface area contributed by atoms with Crippen LogP contribution in [0.2, 0.25) is 0 Å². The van der Waals surface area contributed by atoms with E-state index in [0.717, 1.165) is 13.8 Å². The summed E-state index contributed by atoms with van der Waals surface area (Å²) in [6.07, 6.45) is 0. The van der Waals surface area contributed by atoms with E-state index in [4.69, 9.17) is 10.2 Å². The Hall–Kier alpha value is -2.18. The molecule has 12 heteroatoms. The van der Waals surface area contributed by atoms with Gasteiger partial charge >= 0.3 is 19.3 Å². The third kappa shape index (κ3) is 8.89. The molecule has 0 aliphatic heterocycles. The lowest BCUT2D eigenvalue weighted by Gasteiger charge is -2.17. The first kappa shape index (κ1) is 19.8. The number of carbonyl (C=O) groups excluding carboxylic acids is 2. The third-order valence-electron chi connectivity index (χ3n) is 2.16. The molecule has 22 heavy (non-hydrogen) atoms. The van der Waals surface area contributed by atoms with Crippen molar-refractivity contribution in [2.75, 3.05) is 13.2 Å². The lowest BCUT2D eigenvalue weighted by molar-refractivity contribution is -0.142. The molecular weight excluding hydrogens is 303 g/mol. The molecule has 0 bridgehead atoms. The summed E-state index contributed by atoms with van der Waals surface area (Å²) >= 11 is 0. The Kier molecular flexibility index (Phi) is 8.75. The van der Waals surface area contributed by atoms with Crippen LogP contribution in [0.5, 0.6) is 0 Å². The second-order valence-electron chi connectivity index (χ2n) is 4.16. The van der Waals surface area contributed by atoms with E-state index in [-0.39, 0.29) is 0 Å². The largest absolute Gasteiger partial charge is 0.636 e. The monoisotopic (exact) mass is 320 g/mol. The minimum absolute atomic E-state index is 0.603. The van der Waals surface area contributed by atoms with Gasteiger partial charge in [-0.2, -0.15) is 0 Å². The van der Waals surface area contributed by atoms with Gasteiger partial charge in [-0.3, -0.25) is 9.59 Å². The molecule has 0 radical (unpaired) electrons. The van der Waals surface area contributed by atoms with Crippen molar-refractivity contribution in [3.63, 3.8) is 0 Å². The van der Waals surface area contributed by atoms with Crippen LogP contribution in [0, 0.1) is 0 Å². The minimum atomic E-state index is -1.92. The molecule has 5 N–H and O–H groups in total. The van der Waals surface area contributed by atoms with Crippen molar-refractivity contribution in [2.45, 2.75) is 25.9 Å². The molecule has 2 amide bonds. The second-order valence-corrected chi connectivity index (χ2v) is 4.16. The maximum Gasteiger partial charge on any atom is 0.636 e. The van der Waals surface area contributed by atoms with Gasteiger partial charge in [0.2, 0.25) is 11.8 Å². The predicted molar refractivity (Wildman–Crippen MR) is 70.4 cm³/mol. The lowest BCUT2D eigenvalue weighted by atomic mass is 10.2. The van der Waals surface area contributed by atoms with Gasteiger partial charge in [0.15, 0.2) is 0 Å². The van der Waals surface area contributed by atoms with Crippen molar-refractivity contribution < 1.29 is 43.7 Å². The number of rotatable bonds is 10. The highest BCUT2D eigenvalue weighted by atomic mass is 16.7. The topological polar surface area (TPSA) is 171 Å². The number of hydrogen-bond donors (Lipinski definition) is 5. The first-order valence-corrected chi connectivity index (χ1v) is 6.04. The fourth-order valence-corrected chi connectivity index (χ4v) is 1.25. The zero-order chi connectivity index (χ0) is 17.3. The SMILES string of the molecule is CC(=O)N[C@@H](COB(O)OC[C@H](NC(C)=O)C(=O)O)C(=O)O. The Morgan fingerprint density at radius 1 is 0.909 bits per heavy atom. The lowest BCUT2D eigenvalue weighted by Crippen LogP contribution is -2.46. The number of carboxylic acids is 2. The average molecular weight is 320 g/mol. The Balaban J connectivity index is 4.28. The number of carboxylic acid groups (broad SMARTS) is 2. The van der Waals surface area contributed by atoms with Crippen LogP contribution >= 0.6 is 0 Å². The molecule has 0 saturated heterocycles. The summed E-state index contributed by atoms with van der Waals surface area (Å²) in [5.41, 5.74) is 0. The zero-order valence-electron chi connectivity index (χ0n) is 11.9. The van der Waals surface area contributed by atoms with Crippen LogP contribution in [0.1, 0.15) is 13.8 Å². The van der Waals surface area contributed by atoms with Crippen molar-refractivity contribution in [3.05, 3.63) is 0 Å². The molecule has 0 heterocycles. The molecule has 124 valence electrons. The molecule has 0 aromatic heterocycles. The number of amides is 2. The molecule has 0 rings (SSSR count). The van der Waals surface area contributed by atoms with E-state index in [1.54, 1.807) is 0 Å². The van der Waals surface area contributed by atoms with Crippen LogP contribution in [-0.4, -0.2) is 71.6 Å². The second kappa shape index (κ2) is 9.71. The van der Waals surface area contributed by atoms with E-state index in [0.29, 0.717) is 0 Å². The summed E-state index contributed by atoms with van der Waals surface area (Å²) in [6, 6.07) is -2.80. The molecule has 0 spiro atoms. The number of nitrogens with one attached hydrogen (secondary N) is 2. The Morgan fingerprint density at radius 2 is 1.23 bits per heavy atom. The van der Waals surface area contributed by atoms with E-state index in [2.05, 4.69) is 19.9 Å². The standard InChI is InChI=1S/C10H17BN2O9/c1-5(14)12-7(9(16)17)3-21-11(20)22-4-8(10(18)19)13-6(2)15/h7-8,20H,3-4H2,1-2H3,(H,12,14)(H,13,15)(H,16,17)(H,18,19)/t7-,8-/m0/s1. The number of aliphatic carboxylic acids is 2. The van der Waals surface area contributed by atoms with Gasteiger partial charge in [0.25, 0.3) is 0 Å². The Labute approximate surface area is 125 Å². The van der Waals surface area contributed by atoms with Gasteiger partial charge in [-0.05, 0) is 0 Å². The fourth-order valence-electron chi connectivity index (χ4n) is 1.25. The average Bonchev–Trinajstić information content (AvgIpc) is 2.37. The summed E-state index contributed by atoms with van der Waals surface area (Å²) in [4.78, 5) is 43.1. The molecule has 0 aromatic carbocycles. The van der Waals surface area contributed by atoms with Crippen LogP contribution in [0.15, 0.2) is 0 Å². The van der Waals surface area contributed by atoms with Crippen LogP contribution < -0.4 is 10.6 Å². The maximum absolute atomic E-state index is 10.8. The summed E-state index contributed by atoms with van der Waals surface area (Å²) in [6.45, 7) is 1.00. The highest BCUT2D eigenvalue weighted by Gasteiger charge is 2.26. The Morgan fingerprint density at radius 3 is 1.45 bits per heavy atom. The summed E-state index contributed by atoms with van der Waals surface area (Å²) in [7, 11) is -1.92. The van der Waals surface area contributed by atoms with Gasteiger partial charge in [-0.25, -0.2) is 9.59 Å². The zero-order valence-corrected chi connectivity index (χ0v) is 11.9. The molecule has 11 nitrogen and oxygen atoms in total. The van der Waals surface area contributed by atoms with Crippen molar-refractivity contribution in [3.8, 4) is 0 Å². The normalized spacial score (nSPS) is 12.9. The van der Waals surface area contributed by atoms with E-state index >= 15 is 0 Å². The van der Waals surface area contributed by atoms with E-state index in [1.807, 2.05) is 0 Å². The van der Waals surface area contributed by atoms with Gasteiger partial charge in [-0.1, -0.05) is 0 Å². The van der Waals surface area contributed by atoms with Crippen LogP contribution in [0.25, 0.3) is 0 Å². The van der Waals surface area contributed by atoms with Crippen LogP contribution in [0.4, 0.5) is 0 Å². The highest BCUT2D eigenvalue weighted by Crippen LogP contribution is 1.94. The fraction of sp³-hybridized carbons (Fsp3) is 0.600. The van der Waals surface area contributed by atoms with Crippen molar-refractivity contribution in [1.82, 2.24) is 10.6 Å². The molecule has 2 atom stereocenters. The molecule has 0 aliphatic rings.